The Morgan fingerprint density at radius 3 is 2.71 bits per heavy atom. The minimum atomic E-state index is -3.76. The van der Waals surface area contributed by atoms with Gasteiger partial charge in [-0.05, 0) is 44.2 Å². The molecule has 0 radical (unpaired) electrons. The van der Waals surface area contributed by atoms with Crippen LogP contribution in [0.2, 0.25) is 5.02 Å². The molecule has 0 aliphatic heterocycles. The number of carbonyl (C=O) groups excluding carboxylic acids is 1. The average molecular weight is 609 g/mol. The fourth-order valence-corrected chi connectivity index (χ4v) is 6.00. The van der Waals surface area contributed by atoms with Gasteiger partial charge < -0.3 is 4.74 Å². The molecule has 41 heavy (non-hydrogen) atoms. The molecule has 0 saturated carbocycles. The molecule has 208 valence electrons. The van der Waals surface area contributed by atoms with Gasteiger partial charge in [-0.3, -0.25) is 19.1 Å². The van der Waals surface area contributed by atoms with E-state index in [0.717, 1.165) is 6.26 Å². The van der Waals surface area contributed by atoms with Crippen LogP contribution >= 0.6 is 22.9 Å². The molecule has 4 heterocycles. The van der Waals surface area contributed by atoms with Crippen LogP contribution in [0, 0.1) is 25.2 Å². The van der Waals surface area contributed by atoms with E-state index in [1.54, 1.807) is 37.4 Å². The van der Waals surface area contributed by atoms with E-state index in [1.807, 2.05) is 16.9 Å². The van der Waals surface area contributed by atoms with Crippen molar-refractivity contribution < 1.29 is 17.9 Å². The molecule has 5 rings (SSSR count). The van der Waals surface area contributed by atoms with E-state index in [1.165, 1.54) is 28.2 Å². The Kier molecular flexibility index (Phi) is 7.48. The second-order valence-electron chi connectivity index (χ2n) is 9.14. The third kappa shape index (κ3) is 5.76. The fraction of sp³-hybridized carbons (Fsp3) is 0.185. The highest BCUT2D eigenvalue weighted by molar-refractivity contribution is 7.89. The van der Waals surface area contributed by atoms with Crippen LogP contribution in [0.5, 0.6) is 5.75 Å². The molecular formula is C27H21ClN6O5S2. The number of aromatic nitrogens is 4. The molecule has 0 aliphatic carbocycles. The highest BCUT2D eigenvalue weighted by Gasteiger charge is 2.21. The molecule has 5 aromatic rings. The lowest BCUT2D eigenvalue weighted by molar-refractivity contribution is 0.0983. The summed E-state index contributed by atoms with van der Waals surface area (Å²) in [6.07, 6.45) is 2.31. The van der Waals surface area contributed by atoms with Crippen molar-refractivity contribution in [2.75, 3.05) is 12.9 Å². The maximum Gasteiger partial charge on any atom is 0.267 e. The van der Waals surface area contributed by atoms with Crippen molar-refractivity contribution in [3.8, 4) is 22.9 Å². The van der Waals surface area contributed by atoms with E-state index in [9.17, 15) is 18.0 Å². The Hall–Kier alpha value is -4.38. The number of hydrogen-bond acceptors (Lipinski definition) is 10. The SMILES string of the molecule is Cc1cc(-c2cc(Cl)ccc2OCCn2c(C)nc3cnc(C#N)cc3c2=O)c2scc(C(=O)NS(C)(=O)=O)c2n1. The van der Waals surface area contributed by atoms with Gasteiger partial charge in [0, 0.05) is 27.2 Å². The van der Waals surface area contributed by atoms with Crippen LogP contribution in [0.15, 0.2) is 46.7 Å². The van der Waals surface area contributed by atoms with Crippen molar-refractivity contribution in [2.45, 2.75) is 20.4 Å². The Labute approximate surface area is 243 Å². The first kappa shape index (κ1) is 28.2. The number of fused-ring (bicyclic) bond motifs is 2. The predicted molar refractivity (Wildman–Crippen MR) is 156 cm³/mol. The third-order valence-electron chi connectivity index (χ3n) is 6.12. The number of hydrogen-bond donors (Lipinski definition) is 1. The number of nitrogens with one attached hydrogen (secondary N) is 1. The van der Waals surface area contributed by atoms with E-state index < -0.39 is 15.9 Å². The van der Waals surface area contributed by atoms with Crippen molar-refractivity contribution in [3.05, 3.63) is 80.1 Å². The molecule has 4 aromatic heterocycles. The summed E-state index contributed by atoms with van der Waals surface area (Å²) in [5, 5.41) is 11.5. The average Bonchev–Trinajstić information content (AvgIpc) is 3.33. The first-order chi connectivity index (χ1) is 19.4. The highest BCUT2D eigenvalue weighted by atomic mass is 35.5. The van der Waals surface area contributed by atoms with Gasteiger partial charge in [0.2, 0.25) is 10.0 Å². The summed E-state index contributed by atoms with van der Waals surface area (Å²) in [4.78, 5) is 38.7. The summed E-state index contributed by atoms with van der Waals surface area (Å²) in [7, 11) is -3.76. The number of benzene rings is 1. The number of carbonyl (C=O) groups is 1. The van der Waals surface area contributed by atoms with Gasteiger partial charge in [-0.25, -0.2) is 23.1 Å². The molecule has 0 saturated heterocycles. The number of rotatable bonds is 7. The number of pyridine rings is 2. The maximum atomic E-state index is 13.2. The number of amides is 1. The van der Waals surface area contributed by atoms with Crippen LogP contribution in [0.3, 0.4) is 0 Å². The number of aryl methyl sites for hydroxylation is 2. The van der Waals surface area contributed by atoms with Gasteiger partial charge in [0.1, 0.15) is 29.9 Å². The number of ether oxygens (including phenoxy) is 1. The largest absolute Gasteiger partial charge is 0.491 e. The molecule has 1 aromatic carbocycles. The summed E-state index contributed by atoms with van der Waals surface area (Å²) in [5.41, 5.74) is 2.64. The molecule has 0 aliphatic rings. The highest BCUT2D eigenvalue weighted by Crippen LogP contribution is 2.40. The molecule has 0 unspecified atom stereocenters. The smallest absolute Gasteiger partial charge is 0.267 e. The van der Waals surface area contributed by atoms with Crippen molar-refractivity contribution >= 4 is 60.0 Å². The van der Waals surface area contributed by atoms with Gasteiger partial charge >= 0.3 is 0 Å². The molecule has 14 heteroatoms. The van der Waals surface area contributed by atoms with Gasteiger partial charge in [0.05, 0.1) is 45.7 Å². The van der Waals surface area contributed by atoms with Gasteiger partial charge in [-0.15, -0.1) is 11.3 Å². The van der Waals surface area contributed by atoms with Crippen LogP contribution in [-0.2, 0) is 16.6 Å². The normalized spacial score (nSPS) is 11.5. The lowest BCUT2D eigenvalue weighted by Crippen LogP contribution is -2.29. The van der Waals surface area contributed by atoms with Gasteiger partial charge in [0.25, 0.3) is 11.5 Å². The van der Waals surface area contributed by atoms with Crippen molar-refractivity contribution in [3.63, 3.8) is 0 Å². The minimum absolute atomic E-state index is 0.110. The summed E-state index contributed by atoms with van der Waals surface area (Å²) >= 11 is 7.60. The lowest BCUT2D eigenvalue weighted by Gasteiger charge is -2.15. The van der Waals surface area contributed by atoms with Crippen LogP contribution < -0.4 is 15.0 Å². The molecular weight excluding hydrogens is 588 g/mol. The van der Waals surface area contributed by atoms with Gasteiger partial charge in [-0.1, -0.05) is 11.6 Å². The zero-order valence-corrected chi connectivity index (χ0v) is 24.3. The lowest BCUT2D eigenvalue weighted by atomic mass is 10.0. The topological polar surface area (TPSA) is 157 Å². The van der Waals surface area contributed by atoms with E-state index in [0.29, 0.717) is 49.2 Å². The van der Waals surface area contributed by atoms with Crippen molar-refractivity contribution in [2.24, 2.45) is 0 Å². The Morgan fingerprint density at radius 1 is 1.20 bits per heavy atom. The molecule has 0 fully saturated rings. The molecule has 11 nitrogen and oxygen atoms in total. The van der Waals surface area contributed by atoms with Crippen LogP contribution in [0.4, 0.5) is 0 Å². The zero-order valence-electron chi connectivity index (χ0n) is 21.9. The molecule has 0 bridgehead atoms. The standard InChI is InChI=1S/C27H21ClN6O5S2/c1-14-8-19(25-24(31-14)21(13-40-25)26(35)33-41(3,37)38)18-9-16(28)4-5-23(18)39-7-6-34-15(2)32-22-12-30-17(11-29)10-20(22)27(34)36/h4-5,8-10,12-13H,6-7H2,1-3H3,(H,33,35). The monoisotopic (exact) mass is 608 g/mol. The zero-order chi connectivity index (χ0) is 29.5. The molecule has 0 atom stereocenters. The second kappa shape index (κ2) is 10.9. The minimum Gasteiger partial charge on any atom is -0.491 e. The number of thiophene rings is 1. The first-order valence-electron chi connectivity index (χ1n) is 12.1. The van der Waals surface area contributed by atoms with Crippen molar-refractivity contribution in [1.82, 2.24) is 24.2 Å². The first-order valence-corrected chi connectivity index (χ1v) is 15.2. The quantitative estimate of drug-likeness (QED) is 0.288. The molecule has 1 N–H and O–H groups in total. The fourth-order valence-electron chi connectivity index (χ4n) is 4.37. The van der Waals surface area contributed by atoms with E-state index in [-0.39, 0.29) is 35.4 Å². The maximum absolute atomic E-state index is 13.2. The molecule has 0 spiro atoms. The van der Waals surface area contributed by atoms with Gasteiger partial charge in [-0.2, -0.15) is 5.26 Å². The van der Waals surface area contributed by atoms with Crippen LogP contribution in [0.1, 0.15) is 27.6 Å². The van der Waals surface area contributed by atoms with Crippen molar-refractivity contribution in [1.29, 1.82) is 5.26 Å². The number of halogens is 1. The van der Waals surface area contributed by atoms with E-state index in [4.69, 9.17) is 21.6 Å². The number of nitrogens with zero attached hydrogens (tertiary/aromatic N) is 5. The summed E-state index contributed by atoms with van der Waals surface area (Å²) < 4.78 is 33.5. The third-order valence-corrected chi connectivity index (χ3v) is 7.92. The summed E-state index contributed by atoms with van der Waals surface area (Å²) in [6.45, 7) is 3.76. The van der Waals surface area contributed by atoms with E-state index >= 15 is 0 Å². The second-order valence-corrected chi connectivity index (χ2v) is 12.2. The number of sulfonamides is 1. The summed E-state index contributed by atoms with van der Waals surface area (Å²) in [6, 6.07) is 10.3. The Bertz CT molecular complexity index is 2080. The Balaban J connectivity index is 1.49. The number of nitriles is 1. The van der Waals surface area contributed by atoms with Crippen LogP contribution in [0.25, 0.3) is 32.2 Å². The Morgan fingerprint density at radius 2 is 1.98 bits per heavy atom. The van der Waals surface area contributed by atoms with E-state index in [2.05, 4.69) is 15.0 Å². The van der Waals surface area contributed by atoms with Crippen LogP contribution in [-0.4, -0.2) is 46.7 Å². The predicted octanol–water partition coefficient (Wildman–Crippen LogP) is 3.98. The summed E-state index contributed by atoms with van der Waals surface area (Å²) in [5.74, 6) is 0.180. The van der Waals surface area contributed by atoms with Gasteiger partial charge in [0.15, 0.2) is 0 Å². The molecule has 1 amide bonds.